The van der Waals surface area contributed by atoms with Crippen LogP contribution in [0.1, 0.15) is 6.92 Å². The molecule has 0 fully saturated rings. The van der Waals surface area contributed by atoms with Gasteiger partial charge >= 0.3 is 0 Å². The fraction of sp³-hybridized carbons (Fsp3) is 0.125. The topological polar surface area (TPSA) is 70.2 Å². The van der Waals surface area contributed by atoms with Gasteiger partial charge in [-0.25, -0.2) is 0 Å². The lowest BCUT2D eigenvalue weighted by Crippen LogP contribution is -2.22. The summed E-state index contributed by atoms with van der Waals surface area (Å²) in [6.45, 7) is 1.52. The third-order valence-corrected chi connectivity index (χ3v) is 3.06. The number of hydrogen-bond donors (Lipinski definition) is 3. The molecule has 0 aromatic heterocycles. The van der Waals surface area contributed by atoms with Gasteiger partial charge in [-0.3, -0.25) is 9.59 Å². The van der Waals surface area contributed by atoms with Crippen molar-refractivity contribution in [3.05, 3.63) is 53.6 Å². The summed E-state index contributed by atoms with van der Waals surface area (Å²) in [7, 11) is 0. The van der Waals surface area contributed by atoms with Gasteiger partial charge in [0.1, 0.15) is 0 Å². The van der Waals surface area contributed by atoms with E-state index < -0.39 is 0 Å². The highest BCUT2D eigenvalue weighted by Gasteiger charge is 2.06. The second kappa shape index (κ2) is 7.47. The second-order valence-corrected chi connectivity index (χ2v) is 5.07. The molecule has 3 N–H and O–H groups in total. The summed E-state index contributed by atoms with van der Waals surface area (Å²) >= 11 is 5.79. The van der Waals surface area contributed by atoms with Gasteiger partial charge in [-0.15, -0.1) is 0 Å². The summed E-state index contributed by atoms with van der Waals surface area (Å²) in [5.41, 5.74) is 1.99. The SMILES string of the molecule is CC(=O)Nc1ccccc1NCC(=O)Nc1ccc(Cl)cc1. The van der Waals surface area contributed by atoms with Gasteiger partial charge in [0, 0.05) is 17.6 Å². The van der Waals surface area contributed by atoms with Crippen molar-refractivity contribution in [3.63, 3.8) is 0 Å². The van der Waals surface area contributed by atoms with Crippen LogP contribution < -0.4 is 16.0 Å². The zero-order valence-electron chi connectivity index (χ0n) is 12.0. The van der Waals surface area contributed by atoms with Crippen molar-refractivity contribution in [2.75, 3.05) is 22.5 Å². The molecule has 0 aliphatic rings. The largest absolute Gasteiger partial charge is 0.374 e. The van der Waals surface area contributed by atoms with Gasteiger partial charge in [0.2, 0.25) is 11.8 Å². The van der Waals surface area contributed by atoms with Crippen LogP contribution >= 0.6 is 11.6 Å². The number of nitrogens with one attached hydrogen (secondary N) is 3. The molecule has 2 aromatic rings. The lowest BCUT2D eigenvalue weighted by Gasteiger charge is -2.12. The van der Waals surface area contributed by atoms with Crippen LogP contribution in [0, 0.1) is 0 Å². The van der Waals surface area contributed by atoms with Gasteiger partial charge in [0.05, 0.1) is 17.9 Å². The zero-order valence-corrected chi connectivity index (χ0v) is 12.8. The van der Waals surface area contributed by atoms with Crippen molar-refractivity contribution in [2.45, 2.75) is 6.92 Å². The molecule has 0 bridgehead atoms. The summed E-state index contributed by atoms with van der Waals surface area (Å²) < 4.78 is 0. The van der Waals surface area contributed by atoms with Crippen molar-refractivity contribution >= 4 is 40.5 Å². The number of halogens is 1. The molecular formula is C16H16ClN3O2. The molecule has 5 nitrogen and oxygen atoms in total. The molecule has 0 unspecified atom stereocenters. The molecular weight excluding hydrogens is 302 g/mol. The average molecular weight is 318 g/mol. The summed E-state index contributed by atoms with van der Waals surface area (Å²) in [6, 6.07) is 14.1. The van der Waals surface area contributed by atoms with Crippen LogP contribution in [0.5, 0.6) is 0 Å². The smallest absolute Gasteiger partial charge is 0.243 e. The Morgan fingerprint density at radius 1 is 0.955 bits per heavy atom. The first-order valence-corrected chi connectivity index (χ1v) is 7.08. The van der Waals surface area contributed by atoms with E-state index >= 15 is 0 Å². The third-order valence-electron chi connectivity index (χ3n) is 2.81. The molecule has 0 saturated heterocycles. The van der Waals surface area contributed by atoms with E-state index in [9.17, 15) is 9.59 Å². The first-order valence-electron chi connectivity index (χ1n) is 6.70. The highest BCUT2D eigenvalue weighted by atomic mass is 35.5. The molecule has 0 aliphatic heterocycles. The van der Waals surface area contributed by atoms with E-state index in [1.54, 1.807) is 36.4 Å². The van der Waals surface area contributed by atoms with Crippen LogP contribution in [-0.4, -0.2) is 18.4 Å². The van der Waals surface area contributed by atoms with Gasteiger partial charge < -0.3 is 16.0 Å². The summed E-state index contributed by atoms with van der Waals surface area (Å²) in [6.07, 6.45) is 0. The fourth-order valence-corrected chi connectivity index (χ4v) is 1.98. The molecule has 0 radical (unpaired) electrons. The quantitative estimate of drug-likeness (QED) is 0.792. The first-order chi connectivity index (χ1) is 10.5. The van der Waals surface area contributed by atoms with Gasteiger partial charge in [-0.1, -0.05) is 23.7 Å². The van der Waals surface area contributed by atoms with E-state index in [1.165, 1.54) is 6.92 Å². The third kappa shape index (κ3) is 4.79. The number of rotatable bonds is 5. The van der Waals surface area contributed by atoms with Gasteiger partial charge in [0.15, 0.2) is 0 Å². The molecule has 0 aliphatic carbocycles. The van der Waals surface area contributed by atoms with Crippen LogP contribution in [0.4, 0.5) is 17.1 Å². The zero-order chi connectivity index (χ0) is 15.9. The van der Waals surface area contributed by atoms with Gasteiger partial charge in [-0.05, 0) is 36.4 Å². The molecule has 2 aromatic carbocycles. The molecule has 114 valence electrons. The number of hydrogen-bond acceptors (Lipinski definition) is 3. The molecule has 0 saturated carbocycles. The molecule has 2 rings (SSSR count). The number of carbonyl (C=O) groups excluding carboxylic acids is 2. The Morgan fingerprint density at radius 2 is 1.59 bits per heavy atom. The number of amides is 2. The van der Waals surface area contributed by atoms with Gasteiger partial charge in [0.25, 0.3) is 0 Å². The Labute approximate surface area is 133 Å². The number of benzene rings is 2. The highest BCUT2D eigenvalue weighted by molar-refractivity contribution is 6.30. The minimum absolute atomic E-state index is 0.0826. The van der Waals surface area contributed by atoms with Crippen LogP contribution in [0.2, 0.25) is 5.02 Å². The predicted molar refractivity (Wildman–Crippen MR) is 89.3 cm³/mol. The van der Waals surface area contributed by atoms with Crippen molar-refractivity contribution < 1.29 is 9.59 Å². The Hall–Kier alpha value is -2.53. The Kier molecular flexibility index (Phi) is 5.38. The van der Waals surface area contributed by atoms with Crippen LogP contribution in [-0.2, 0) is 9.59 Å². The minimum Gasteiger partial charge on any atom is -0.374 e. The molecule has 2 amide bonds. The second-order valence-electron chi connectivity index (χ2n) is 4.64. The van der Waals surface area contributed by atoms with Crippen LogP contribution in [0.15, 0.2) is 48.5 Å². The van der Waals surface area contributed by atoms with Crippen LogP contribution in [0.3, 0.4) is 0 Å². The molecule has 6 heteroatoms. The van der Waals surface area contributed by atoms with E-state index in [4.69, 9.17) is 11.6 Å². The van der Waals surface area contributed by atoms with E-state index in [0.29, 0.717) is 22.1 Å². The Morgan fingerprint density at radius 3 is 2.23 bits per heavy atom. The Bertz CT molecular complexity index is 671. The highest BCUT2D eigenvalue weighted by Crippen LogP contribution is 2.20. The number of carbonyl (C=O) groups is 2. The Balaban J connectivity index is 1.93. The van der Waals surface area contributed by atoms with E-state index in [0.717, 1.165) is 0 Å². The summed E-state index contributed by atoms with van der Waals surface area (Å²) in [4.78, 5) is 23.1. The summed E-state index contributed by atoms with van der Waals surface area (Å²) in [5.74, 6) is -0.361. The van der Waals surface area contributed by atoms with E-state index in [1.807, 2.05) is 12.1 Å². The first kappa shape index (κ1) is 15.9. The fourth-order valence-electron chi connectivity index (χ4n) is 1.85. The van der Waals surface area contributed by atoms with Crippen molar-refractivity contribution in [1.82, 2.24) is 0 Å². The minimum atomic E-state index is -0.194. The standard InChI is InChI=1S/C16H16ClN3O2/c1-11(21)19-15-5-3-2-4-14(15)18-10-16(22)20-13-8-6-12(17)7-9-13/h2-9,18H,10H2,1H3,(H,19,21)(H,20,22). The molecule has 0 spiro atoms. The molecule has 0 heterocycles. The normalized spacial score (nSPS) is 9.91. The van der Waals surface area contributed by atoms with Crippen LogP contribution in [0.25, 0.3) is 0 Å². The van der Waals surface area contributed by atoms with Crippen molar-refractivity contribution in [2.24, 2.45) is 0 Å². The maximum Gasteiger partial charge on any atom is 0.243 e. The number of para-hydroxylation sites is 2. The maximum atomic E-state index is 11.9. The van der Waals surface area contributed by atoms with Crippen molar-refractivity contribution in [3.8, 4) is 0 Å². The van der Waals surface area contributed by atoms with Gasteiger partial charge in [-0.2, -0.15) is 0 Å². The number of anilines is 3. The monoisotopic (exact) mass is 317 g/mol. The van der Waals surface area contributed by atoms with E-state index in [-0.39, 0.29) is 18.4 Å². The maximum absolute atomic E-state index is 11.9. The summed E-state index contributed by atoms with van der Waals surface area (Å²) in [5, 5.41) is 9.07. The van der Waals surface area contributed by atoms with Crippen molar-refractivity contribution in [1.29, 1.82) is 0 Å². The lowest BCUT2D eigenvalue weighted by atomic mass is 10.2. The molecule has 0 atom stereocenters. The molecule has 22 heavy (non-hydrogen) atoms. The predicted octanol–water partition coefficient (Wildman–Crippen LogP) is 3.35. The lowest BCUT2D eigenvalue weighted by molar-refractivity contribution is -0.115. The van der Waals surface area contributed by atoms with E-state index in [2.05, 4.69) is 16.0 Å². The average Bonchev–Trinajstić information content (AvgIpc) is 2.48.